The molecule has 0 nitrogen and oxygen atoms in total. The van der Waals surface area contributed by atoms with Crippen molar-refractivity contribution < 1.29 is 0 Å². The van der Waals surface area contributed by atoms with Gasteiger partial charge in [0.2, 0.25) is 0 Å². The predicted octanol–water partition coefficient (Wildman–Crippen LogP) is 3.05. The fourth-order valence-corrected chi connectivity index (χ4v) is 2.19. The fourth-order valence-electron chi connectivity index (χ4n) is 0.864. The minimum absolute atomic E-state index is 0.871. The molecule has 0 saturated heterocycles. The second-order valence-corrected chi connectivity index (χ2v) is 4.21. The third kappa shape index (κ3) is 2.81. The fraction of sp³-hybridized carbons (Fsp3) is 0.333. The molecule has 1 rings (SSSR count). The van der Waals surface area contributed by atoms with Crippen LogP contribution in [0.1, 0.15) is 13.3 Å². The van der Waals surface area contributed by atoms with Crippen molar-refractivity contribution in [3.63, 3.8) is 0 Å². The summed E-state index contributed by atoms with van der Waals surface area (Å²) in [4.78, 5) is 0. The molecule has 11 heavy (non-hydrogen) atoms. The molecule has 0 spiro atoms. The summed E-state index contributed by atoms with van der Waals surface area (Å²) < 4.78 is 0. The molecule has 1 unspecified atom stereocenters. The van der Waals surface area contributed by atoms with E-state index < -0.39 is 0 Å². The number of hydrogen-bond donors (Lipinski definition) is 0. The molecule has 0 bridgehead atoms. The van der Waals surface area contributed by atoms with Crippen LogP contribution >= 0.6 is 20.2 Å². The van der Waals surface area contributed by atoms with Crippen molar-refractivity contribution in [2.45, 2.75) is 13.3 Å². The molecule has 0 aliphatic rings. The molecule has 0 aliphatic carbocycles. The van der Waals surface area contributed by atoms with E-state index in [2.05, 4.69) is 13.0 Å². The average Bonchev–Trinajstić information content (AvgIpc) is 2.03. The van der Waals surface area contributed by atoms with Gasteiger partial charge in [0.25, 0.3) is 0 Å². The molecule has 1 atom stereocenters. The molecule has 0 heterocycles. The number of benzene rings is 1. The highest BCUT2D eigenvalue weighted by molar-refractivity contribution is 7.47. The van der Waals surface area contributed by atoms with Gasteiger partial charge in [-0.2, -0.15) is 0 Å². The van der Waals surface area contributed by atoms with Gasteiger partial charge in [-0.3, -0.25) is 0 Å². The van der Waals surface area contributed by atoms with Crippen molar-refractivity contribution in [1.82, 2.24) is 0 Å². The Kier molecular flexibility index (Phi) is 3.90. The highest BCUT2D eigenvalue weighted by Gasteiger charge is 1.95. The standard InChI is InChI=1S/C9H12ClP/c1-2-7-11-9-6-4-3-5-8(9)10/h3-6,11H,2,7H2,1H3. The number of hydrogen-bond acceptors (Lipinski definition) is 0. The van der Waals surface area contributed by atoms with Gasteiger partial charge in [-0.15, -0.1) is 0 Å². The van der Waals surface area contributed by atoms with Crippen LogP contribution in [0.3, 0.4) is 0 Å². The molecule has 0 aromatic heterocycles. The van der Waals surface area contributed by atoms with Crippen LogP contribution in [-0.4, -0.2) is 6.16 Å². The van der Waals surface area contributed by atoms with E-state index in [1.165, 1.54) is 17.9 Å². The maximum atomic E-state index is 5.97. The first-order chi connectivity index (χ1) is 5.34. The molecule has 2 heteroatoms. The van der Waals surface area contributed by atoms with Crippen LogP contribution in [0.15, 0.2) is 24.3 Å². The summed E-state index contributed by atoms with van der Waals surface area (Å²) in [6, 6.07) is 8.09. The summed E-state index contributed by atoms with van der Waals surface area (Å²) in [7, 11) is 0.871. The molecule has 60 valence electrons. The SMILES string of the molecule is CCCPc1ccccc1Cl. The second-order valence-electron chi connectivity index (χ2n) is 2.41. The summed E-state index contributed by atoms with van der Waals surface area (Å²) in [5, 5.41) is 2.22. The van der Waals surface area contributed by atoms with Crippen LogP contribution in [0, 0.1) is 0 Å². The quantitative estimate of drug-likeness (QED) is 0.637. The Morgan fingerprint density at radius 2 is 2.09 bits per heavy atom. The maximum absolute atomic E-state index is 5.97. The predicted molar refractivity (Wildman–Crippen MR) is 54.6 cm³/mol. The molecule has 0 amide bonds. The van der Waals surface area contributed by atoms with Gasteiger partial charge in [-0.05, 0) is 17.5 Å². The summed E-state index contributed by atoms with van der Waals surface area (Å²) in [6.07, 6.45) is 2.49. The van der Waals surface area contributed by atoms with Gasteiger partial charge < -0.3 is 0 Å². The monoisotopic (exact) mass is 186 g/mol. The largest absolute Gasteiger partial charge is 0.0888 e. The van der Waals surface area contributed by atoms with E-state index in [1.807, 2.05) is 18.2 Å². The van der Waals surface area contributed by atoms with Gasteiger partial charge >= 0.3 is 0 Å². The zero-order valence-corrected chi connectivity index (χ0v) is 8.36. The van der Waals surface area contributed by atoms with E-state index in [0.717, 1.165) is 13.6 Å². The molecule has 0 saturated carbocycles. The molecule has 1 aromatic rings. The van der Waals surface area contributed by atoms with Crippen molar-refractivity contribution >= 4 is 25.5 Å². The lowest BCUT2D eigenvalue weighted by Crippen LogP contribution is -1.95. The lowest BCUT2D eigenvalue weighted by Gasteiger charge is -2.01. The Morgan fingerprint density at radius 3 is 2.73 bits per heavy atom. The molecule has 0 radical (unpaired) electrons. The first-order valence-electron chi connectivity index (χ1n) is 3.83. The zero-order chi connectivity index (χ0) is 8.10. The first kappa shape index (κ1) is 9.03. The van der Waals surface area contributed by atoms with E-state index in [9.17, 15) is 0 Å². The zero-order valence-electron chi connectivity index (χ0n) is 6.60. The van der Waals surface area contributed by atoms with Gasteiger partial charge in [0.05, 0.1) is 0 Å². The second kappa shape index (κ2) is 4.74. The van der Waals surface area contributed by atoms with Crippen LogP contribution in [0.5, 0.6) is 0 Å². The Hall–Kier alpha value is -0.0600. The topological polar surface area (TPSA) is 0 Å². The Bertz CT molecular complexity index is 223. The van der Waals surface area contributed by atoms with Gasteiger partial charge in [0.1, 0.15) is 0 Å². The smallest absolute Gasteiger partial charge is 0.0480 e. The van der Waals surface area contributed by atoms with Crippen LogP contribution in [0.25, 0.3) is 0 Å². The van der Waals surface area contributed by atoms with Gasteiger partial charge in [-0.25, -0.2) is 0 Å². The molecule has 1 aromatic carbocycles. The van der Waals surface area contributed by atoms with E-state index in [0.29, 0.717) is 0 Å². The Labute approximate surface area is 74.7 Å². The molecule has 0 fully saturated rings. The van der Waals surface area contributed by atoms with E-state index in [-0.39, 0.29) is 0 Å². The molecule has 0 aliphatic heterocycles. The van der Waals surface area contributed by atoms with E-state index in [1.54, 1.807) is 0 Å². The molecular weight excluding hydrogens is 175 g/mol. The van der Waals surface area contributed by atoms with Crippen LogP contribution in [-0.2, 0) is 0 Å². The maximum Gasteiger partial charge on any atom is 0.0480 e. The lowest BCUT2D eigenvalue weighted by molar-refractivity contribution is 1.10. The summed E-state index contributed by atoms with van der Waals surface area (Å²) >= 11 is 5.97. The highest BCUT2D eigenvalue weighted by atomic mass is 35.5. The van der Waals surface area contributed by atoms with Crippen molar-refractivity contribution in [2.75, 3.05) is 6.16 Å². The van der Waals surface area contributed by atoms with Gasteiger partial charge in [0, 0.05) is 5.02 Å². The highest BCUT2D eigenvalue weighted by Crippen LogP contribution is 2.17. The Balaban J connectivity index is 2.62. The average molecular weight is 187 g/mol. The van der Waals surface area contributed by atoms with Crippen molar-refractivity contribution in [2.24, 2.45) is 0 Å². The minimum atomic E-state index is 0.871. The third-order valence-corrected chi connectivity index (χ3v) is 3.49. The van der Waals surface area contributed by atoms with Crippen molar-refractivity contribution in [3.05, 3.63) is 29.3 Å². The summed E-state index contributed by atoms with van der Waals surface area (Å²) in [6.45, 7) is 2.20. The number of rotatable bonds is 3. The van der Waals surface area contributed by atoms with Crippen LogP contribution in [0.2, 0.25) is 5.02 Å². The van der Waals surface area contributed by atoms with E-state index in [4.69, 9.17) is 11.6 Å². The minimum Gasteiger partial charge on any atom is -0.0888 e. The van der Waals surface area contributed by atoms with E-state index >= 15 is 0 Å². The summed E-state index contributed by atoms with van der Waals surface area (Å²) in [5.41, 5.74) is 0. The Morgan fingerprint density at radius 1 is 1.36 bits per heavy atom. The van der Waals surface area contributed by atoms with Crippen molar-refractivity contribution in [1.29, 1.82) is 0 Å². The molecular formula is C9H12ClP. The van der Waals surface area contributed by atoms with Crippen LogP contribution < -0.4 is 5.30 Å². The van der Waals surface area contributed by atoms with Gasteiger partial charge in [0.15, 0.2) is 0 Å². The van der Waals surface area contributed by atoms with Gasteiger partial charge in [-0.1, -0.05) is 51.7 Å². The normalized spacial score (nSPS) is 11.1. The van der Waals surface area contributed by atoms with Crippen molar-refractivity contribution in [3.8, 4) is 0 Å². The summed E-state index contributed by atoms with van der Waals surface area (Å²) in [5.74, 6) is 0. The third-order valence-electron chi connectivity index (χ3n) is 1.44. The number of halogens is 1. The lowest BCUT2D eigenvalue weighted by atomic mass is 10.4. The molecule has 0 N–H and O–H groups in total. The first-order valence-corrected chi connectivity index (χ1v) is 5.41. The van der Waals surface area contributed by atoms with Crippen LogP contribution in [0.4, 0.5) is 0 Å².